The molecule has 0 rings (SSSR count). The van der Waals surface area contributed by atoms with E-state index >= 15 is 0 Å². The molecule has 0 unspecified atom stereocenters. The molecular weight excluding hydrogens is 176 g/mol. The Kier molecular flexibility index (Phi) is 4.09. The van der Waals surface area contributed by atoms with Gasteiger partial charge in [-0.25, -0.2) is 0 Å². The molecule has 0 heterocycles. The summed E-state index contributed by atoms with van der Waals surface area (Å²) in [5, 5.41) is 2.54. The Morgan fingerprint density at radius 1 is 1.50 bits per heavy atom. The first kappa shape index (κ1) is 11.3. The van der Waals surface area contributed by atoms with Gasteiger partial charge in [0.25, 0.3) is 0 Å². The van der Waals surface area contributed by atoms with Crippen LogP contribution < -0.4 is 11.1 Å². The minimum absolute atomic E-state index is 0.120. The highest BCUT2D eigenvalue weighted by Crippen LogP contribution is 2.11. The summed E-state index contributed by atoms with van der Waals surface area (Å²) in [7, 11) is 0. The SMILES string of the molecule is CC(C)(CNC(=O)CS)C(N)=O. The smallest absolute Gasteiger partial charge is 0.229 e. The molecule has 0 bridgehead atoms. The molecule has 0 spiro atoms. The number of carbonyl (C=O) groups excluding carboxylic acids is 2. The van der Waals surface area contributed by atoms with Crippen LogP contribution in [0.15, 0.2) is 0 Å². The number of amides is 2. The van der Waals surface area contributed by atoms with E-state index in [1.54, 1.807) is 13.8 Å². The van der Waals surface area contributed by atoms with E-state index in [1.165, 1.54) is 0 Å². The van der Waals surface area contributed by atoms with Crippen molar-refractivity contribution in [3.63, 3.8) is 0 Å². The first-order valence-electron chi connectivity index (χ1n) is 3.57. The Bertz CT molecular complexity index is 192. The monoisotopic (exact) mass is 190 g/mol. The summed E-state index contributed by atoms with van der Waals surface area (Å²) >= 11 is 3.77. The van der Waals surface area contributed by atoms with Crippen LogP contribution in [0.4, 0.5) is 0 Å². The molecule has 0 aromatic heterocycles. The average Bonchev–Trinajstić information content (AvgIpc) is 2.00. The first-order chi connectivity index (χ1) is 5.40. The largest absolute Gasteiger partial charge is 0.369 e. The number of nitrogens with two attached hydrogens (primary N) is 1. The highest BCUT2D eigenvalue weighted by atomic mass is 32.1. The van der Waals surface area contributed by atoms with Crippen LogP contribution in [0.1, 0.15) is 13.8 Å². The van der Waals surface area contributed by atoms with E-state index in [2.05, 4.69) is 17.9 Å². The minimum Gasteiger partial charge on any atom is -0.369 e. The number of rotatable bonds is 4. The zero-order valence-corrected chi connectivity index (χ0v) is 8.15. The van der Waals surface area contributed by atoms with Crippen molar-refractivity contribution in [3.05, 3.63) is 0 Å². The molecule has 3 N–H and O–H groups in total. The third kappa shape index (κ3) is 3.61. The van der Waals surface area contributed by atoms with Crippen LogP contribution in [0.25, 0.3) is 0 Å². The van der Waals surface area contributed by atoms with Crippen molar-refractivity contribution < 1.29 is 9.59 Å². The molecule has 0 aromatic rings. The molecule has 0 atom stereocenters. The first-order valence-corrected chi connectivity index (χ1v) is 4.21. The molecule has 12 heavy (non-hydrogen) atoms. The number of primary amides is 1. The van der Waals surface area contributed by atoms with Crippen molar-refractivity contribution in [2.24, 2.45) is 11.1 Å². The van der Waals surface area contributed by atoms with Gasteiger partial charge >= 0.3 is 0 Å². The van der Waals surface area contributed by atoms with Gasteiger partial charge in [-0.1, -0.05) is 0 Å². The summed E-state index contributed by atoms with van der Waals surface area (Å²) in [6, 6.07) is 0. The molecule has 0 aromatic carbocycles. The summed E-state index contributed by atoms with van der Waals surface area (Å²) in [5.74, 6) is -0.510. The van der Waals surface area contributed by atoms with E-state index in [4.69, 9.17) is 5.73 Å². The summed E-state index contributed by atoms with van der Waals surface area (Å²) in [6.45, 7) is 3.60. The Labute approximate surface area is 77.3 Å². The molecule has 0 saturated carbocycles. The number of nitrogens with one attached hydrogen (secondary N) is 1. The van der Waals surface area contributed by atoms with Crippen LogP contribution in [0.2, 0.25) is 0 Å². The highest BCUT2D eigenvalue weighted by Gasteiger charge is 2.24. The summed E-state index contributed by atoms with van der Waals surface area (Å²) in [5.41, 5.74) is 4.39. The van der Waals surface area contributed by atoms with Gasteiger partial charge in [0.1, 0.15) is 0 Å². The van der Waals surface area contributed by atoms with Gasteiger partial charge in [0.05, 0.1) is 11.2 Å². The van der Waals surface area contributed by atoms with Crippen molar-refractivity contribution in [2.45, 2.75) is 13.8 Å². The fraction of sp³-hybridized carbons (Fsp3) is 0.714. The fourth-order valence-electron chi connectivity index (χ4n) is 0.463. The molecule has 2 amide bonds. The summed E-state index contributed by atoms with van der Waals surface area (Å²) < 4.78 is 0. The zero-order valence-electron chi connectivity index (χ0n) is 7.26. The lowest BCUT2D eigenvalue weighted by Gasteiger charge is -2.20. The maximum absolute atomic E-state index is 10.8. The molecule has 70 valence electrons. The van der Waals surface area contributed by atoms with Crippen molar-refractivity contribution in [2.75, 3.05) is 12.3 Å². The second kappa shape index (κ2) is 4.35. The van der Waals surface area contributed by atoms with Crippen molar-refractivity contribution in [3.8, 4) is 0 Å². The standard InChI is InChI=1S/C7H14N2O2S/c1-7(2,6(8)11)4-9-5(10)3-12/h12H,3-4H2,1-2H3,(H2,8,11)(H,9,10). The van der Waals surface area contributed by atoms with Crippen LogP contribution in [-0.2, 0) is 9.59 Å². The molecule has 0 fully saturated rings. The van der Waals surface area contributed by atoms with Gasteiger partial charge in [-0.15, -0.1) is 0 Å². The summed E-state index contributed by atoms with van der Waals surface area (Å²) in [4.78, 5) is 21.5. The molecular formula is C7H14N2O2S. The van der Waals surface area contributed by atoms with Crippen LogP contribution in [0, 0.1) is 5.41 Å². The van der Waals surface area contributed by atoms with E-state index in [9.17, 15) is 9.59 Å². The zero-order chi connectivity index (χ0) is 9.78. The van der Waals surface area contributed by atoms with Gasteiger partial charge in [0.15, 0.2) is 0 Å². The van der Waals surface area contributed by atoms with Crippen LogP contribution in [0.5, 0.6) is 0 Å². The van der Waals surface area contributed by atoms with E-state index in [-0.39, 0.29) is 18.2 Å². The lowest BCUT2D eigenvalue weighted by atomic mass is 9.93. The Hall–Kier alpha value is -0.710. The van der Waals surface area contributed by atoms with Gasteiger partial charge < -0.3 is 11.1 Å². The average molecular weight is 190 g/mol. The van der Waals surface area contributed by atoms with Crippen LogP contribution >= 0.6 is 12.6 Å². The number of carbonyl (C=O) groups is 2. The Morgan fingerprint density at radius 2 is 2.00 bits per heavy atom. The third-order valence-corrected chi connectivity index (χ3v) is 1.83. The van der Waals surface area contributed by atoms with Gasteiger partial charge in [0.2, 0.25) is 11.8 Å². The van der Waals surface area contributed by atoms with Gasteiger partial charge in [-0.05, 0) is 13.8 Å². The lowest BCUT2D eigenvalue weighted by molar-refractivity contribution is -0.126. The Morgan fingerprint density at radius 3 is 2.33 bits per heavy atom. The fourth-order valence-corrected chi connectivity index (χ4v) is 0.574. The number of thiol groups is 1. The van der Waals surface area contributed by atoms with Crippen molar-refractivity contribution in [1.29, 1.82) is 0 Å². The molecule has 5 heteroatoms. The predicted molar refractivity (Wildman–Crippen MR) is 49.8 cm³/mol. The highest BCUT2D eigenvalue weighted by molar-refractivity contribution is 7.81. The maximum Gasteiger partial charge on any atom is 0.229 e. The second-order valence-corrected chi connectivity index (χ2v) is 3.50. The molecule has 0 saturated heterocycles. The number of hydrogen-bond donors (Lipinski definition) is 3. The maximum atomic E-state index is 10.8. The summed E-state index contributed by atoms with van der Waals surface area (Å²) in [6.07, 6.45) is 0. The minimum atomic E-state index is -0.696. The topological polar surface area (TPSA) is 72.2 Å². The van der Waals surface area contributed by atoms with E-state index in [1.807, 2.05) is 0 Å². The predicted octanol–water partition coefficient (Wildman–Crippen LogP) is -0.456. The molecule has 0 aliphatic rings. The van der Waals surface area contributed by atoms with E-state index < -0.39 is 11.3 Å². The van der Waals surface area contributed by atoms with Crippen molar-refractivity contribution >= 4 is 24.4 Å². The second-order valence-electron chi connectivity index (χ2n) is 3.18. The van der Waals surface area contributed by atoms with Gasteiger partial charge in [-0.3, -0.25) is 9.59 Å². The Balaban J connectivity index is 3.92. The lowest BCUT2D eigenvalue weighted by Crippen LogP contribution is -2.42. The van der Waals surface area contributed by atoms with Crippen LogP contribution in [-0.4, -0.2) is 24.1 Å². The van der Waals surface area contributed by atoms with Gasteiger partial charge in [-0.2, -0.15) is 12.6 Å². The molecule has 0 aliphatic carbocycles. The normalized spacial score (nSPS) is 10.9. The molecule has 0 radical (unpaired) electrons. The molecule has 0 aliphatic heterocycles. The number of hydrogen-bond acceptors (Lipinski definition) is 3. The van der Waals surface area contributed by atoms with Gasteiger partial charge in [0, 0.05) is 6.54 Å². The van der Waals surface area contributed by atoms with Crippen LogP contribution in [0.3, 0.4) is 0 Å². The quantitative estimate of drug-likeness (QED) is 0.525. The van der Waals surface area contributed by atoms with Crippen molar-refractivity contribution in [1.82, 2.24) is 5.32 Å². The third-order valence-electron chi connectivity index (χ3n) is 1.54. The molecule has 4 nitrogen and oxygen atoms in total. The van der Waals surface area contributed by atoms with E-state index in [0.29, 0.717) is 0 Å². The van der Waals surface area contributed by atoms with E-state index in [0.717, 1.165) is 0 Å².